The van der Waals surface area contributed by atoms with Crippen LogP contribution < -0.4 is 16.2 Å². The molecule has 9 nitrogen and oxygen atoms in total. The Morgan fingerprint density at radius 1 is 1.09 bits per heavy atom. The van der Waals surface area contributed by atoms with E-state index in [-0.39, 0.29) is 22.4 Å². The number of anilines is 3. The number of carbonyl (C=O) groups excluding carboxylic acids is 1. The molecule has 166 valence electrons. The van der Waals surface area contributed by atoms with Crippen molar-refractivity contribution in [1.29, 1.82) is 0 Å². The minimum absolute atomic E-state index is 0.00186. The molecule has 0 saturated carbocycles. The zero-order valence-electron chi connectivity index (χ0n) is 17.0. The molecule has 0 spiro atoms. The Morgan fingerprint density at radius 3 is 2.55 bits per heavy atom. The zero-order valence-corrected chi connectivity index (χ0v) is 18.5. The summed E-state index contributed by atoms with van der Waals surface area (Å²) in [6.07, 6.45) is 0. The molecule has 1 aromatic heterocycles. The van der Waals surface area contributed by atoms with E-state index in [1.54, 1.807) is 24.3 Å². The first-order valence-electron chi connectivity index (χ1n) is 9.54. The third kappa shape index (κ3) is 4.64. The number of non-ortho nitro benzene ring substituents is 1. The minimum atomic E-state index is -0.675. The van der Waals surface area contributed by atoms with Crippen molar-refractivity contribution in [1.82, 2.24) is 9.97 Å². The molecule has 0 bridgehead atoms. The molecule has 0 radical (unpaired) electrons. The lowest BCUT2D eigenvalue weighted by Crippen LogP contribution is -2.18. The van der Waals surface area contributed by atoms with Gasteiger partial charge in [0, 0.05) is 23.5 Å². The number of H-pyrrole nitrogens is 1. The van der Waals surface area contributed by atoms with Gasteiger partial charge >= 0.3 is 0 Å². The molecule has 4 rings (SSSR count). The van der Waals surface area contributed by atoms with Crippen LogP contribution >= 0.6 is 23.2 Å². The molecular weight excluding hydrogens is 469 g/mol. The van der Waals surface area contributed by atoms with Crippen LogP contribution in [0.3, 0.4) is 0 Å². The van der Waals surface area contributed by atoms with Crippen LogP contribution in [0, 0.1) is 17.0 Å². The predicted molar refractivity (Wildman–Crippen MR) is 128 cm³/mol. The summed E-state index contributed by atoms with van der Waals surface area (Å²) in [5, 5.41) is 17.6. The van der Waals surface area contributed by atoms with Gasteiger partial charge in [0.1, 0.15) is 0 Å². The molecule has 4 aromatic rings. The van der Waals surface area contributed by atoms with Crippen molar-refractivity contribution in [3.63, 3.8) is 0 Å². The van der Waals surface area contributed by atoms with Crippen molar-refractivity contribution in [3.8, 4) is 0 Å². The molecule has 0 atom stereocenters. The maximum atomic E-state index is 13.1. The van der Waals surface area contributed by atoms with Gasteiger partial charge in [0.25, 0.3) is 17.2 Å². The number of rotatable bonds is 5. The van der Waals surface area contributed by atoms with E-state index in [9.17, 15) is 19.7 Å². The van der Waals surface area contributed by atoms with Gasteiger partial charge in [-0.1, -0.05) is 41.4 Å². The molecule has 3 aromatic carbocycles. The number of nitrogens with zero attached hydrogens (tertiary/aromatic N) is 2. The quantitative estimate of drug-likeness (QED) is 0.255. The Balaban J connectivity index is 1.83. The summed E-state index contributed by atoms with van der Waals surface area (Å²) in [5.74, 6) is -0.624. The number of nitrogens with one attached hydrogen (secondary N) is 3. The van der Waals surface area contributed by atoms with Gasteiger partial charge in [-0.3, -0.25) is 24.7 Å². The minimum Gasteiger partial charge on any atom is -0.326 e. The molecule has 0 unspecified atom stereocenters. The SMILES string of the molecule is Cc1ccccc1NC(=O)c1cc([N+](=O)[O-])cc2c(=O)[nH]c(Nc3ccc(Cl)c(Cl)c3)nc12. The summed E-state index contributed by atoms with van der Waals surface area (Å²) in [5.41, 5.74) is 0.629. The van der Waals surface area contributed by atoms with E-state index in [1.165, 1.54) is 6.07 Å². The van der Waals surface area contributed by atoms with Gasteiger partial charge in [0.05, 0.1) is 31.4 Å². The highest BCUT2D eigenvalue weighted by atomic mass is 35.5. The van der Waals surface area contributed by atoms with Crippen LogP contribution in [-0.2, 0) is 0 Å². The van der Waals surface area contributed by atoms with Crippen molar-refractivity contribution in [2.45, 2.75) is 6.92 Å². The number of benzene rings is 3. The highest BCUT2D eigenvalue weighted by molar-refractivity contribution is 6.42. The number of aromatic nitrogens is 2. The lowest BCUT2D eigenvalue weighted by molar-refractivity contribution is -0.384. The second-order valence-corrected chi connectivity index (χ2v) is 7.90. The molecule has 11 heteroatoms. The van der Waals surface area contributed by atoms with Crippen LogP contribution in [0.25, 0.3) is 10.9 Å². The van der Waals surface area contributed by atoms with Crippen molar-refractivity contribution in [2.24, 2.45) is 0 Å². The molecule has 0 aliphatic carbocycles. The van der Waals surface area contributed by atoms with Gasteiger partial charge in [-0.2, -0.15) is 0 Å². The van der Waals surface area contributed by atoms with Crippen LogP contribution in [0.2, 0.25) is 10.0 Å². The van der Waals surface area contributed by atoms with E-state index >= 15 is 0 Å². The molecule has 33 heavy (non-hydrogen) atoms. The highest BCUT2D eigenvalue weighted by Gasteiger charge is 2.21. The number of nitro groups is 1. The van der Waals surface area contributed by atoms with E-state index in [0.717, 1.165) is 17.7 Å². The summed E-state index contributed by atoms with van der Waals surface area (Å²) in [6.45, 7) is 1.81. The number of aryl methyl sites for hydroxylation is 1. The molecule has 0 fully saturated rings. The molecule has 0 aliphatic rings. The van der Waals surface area contributed by atoms with Gasteiger partial charge in [0.2, 0.25) is 5.95 Å². The Kier molecular flexibility index (Phi) is 5.99. The lowest BCUT2D eigenvalue weighted by Gasteiger charge is -2.11. The number of carbonyl (C=O) groups is 1. The van der Waals surface area contributed by atoms with E-state index in [0.29, 0.717) is 21.4 Å². The molecule has 0 saturated heterocycles. The highest BCUT2D eigenvalue weighted by Crippen LogP contribution is 2.28. The first-order valence-corrected chi connectivity index (χ1v) is 10.3. The number of amides is 1. The van der Waals surface area contributed by atoms with Gasteiger partial charge in [0.15, 0.2) is 0 Å². The first kappa shape index (κ1) is 22.3. The summed E-state index contributed by atoms with van der Waals surface area (Å²) < 4.78 is 0. The number of para-hydroxylation sites is 1. The molecule has 1 amide bonds. The first-order chi connectivity index (χ1) is 15.7. The van der Waals surface area contributed by atoms with Crippen LogP contribution in [0.4, 0.5) is 23.0 Å². The van der Waals surface area contributed by atoms with Crippen molar-refractivity contribution >= 4 is 63.0 Å². The molecule has 1 heterocycles. The normalized spacial score (nSPS) is 10.8. The van der Waals surface area contributed by atoms with Gasteiger partial charge in [-0.05, 0) is 36.8 Å². The number of aromatic amines is 1. The smallest absolute Gasteiger partial charge is 0.271 e. The summed E-state index contributed by atoms with van der Waals surface area (Å²) in [6, 6.07) is 14.0. The fraction of sp³-hybridized carbons (Fsp3) is 0.0455. The van der Waals surface area contributed by atoms with Gasteiger partial charge in [-0.15, -0.1) is 0 Å². The van der Waals surface area contributed by atoms with Crippen molar-refractivity contribution in [2.75, 3.05) is 10.6 Å². The predicted octanol–water partition coefficient (Wildman–Crippen LogP) is 5.44. The Morgan fingerprint density at radius 2 is 1.85 bits per heavy atom. The number of hydrogen-bond donors (Lipinski definition) is 3. The number of fused-ring (bicyclic) bond motifs is 1. The van der Waals surface area contributed by atoms with E-state index in [1.807, 2.05) is 19.1 Å². The third-order valence-electron chi connectivity index (χ3n) is 4.83. The number of nitro benzene ring substituents is 1. The summed E-state index contributed by atoms with van der Waals surface area (Å²) in [4.78, 5) is 43.4. The second-order valence-electron chi connectivity index (χ2n) is 7.08. The van der Waals surface area contributed by atoms with E-state index in [2.05, 4.69) is 20.6 Å². The zero-order chi connectivity index (χ0) is 23.7. The molecular formula is C22H15Cl2N5O4. The summed E-state index contributed by atoms with van der Waals surface area (Å²) >= 11 is 12.0. The molecule has 0 aliphatic heterocycles. The Hall–Kier alpha value is -3.95. The largest absolute Gasteiger partial charge is 0.326 e. The molecule has 3 N–H and O–H groups in total. The van der Waals surface area contributed by atoms with E-state index in [4.69, 9.17) is 23.2 Å². The van der Waals surface area contributed by atoms with Gasteiger partial charge in [-0.25, -0.2) is 4.98 Å². The van der Waals surface area contributed by atoms with Crippen molar-refractivity contribution < 1.29 is 9.72 Å². The third-order valence-corrected chi connectivity index (χ3v) is 5.56. The standard InChI is InChI=1S/C22H15Cl2N5O4/c1-11-4-2-3-5-18(11)26-20(30)14-9-13(29(32)33)10-15-19(14)27-22(28-21(15)31)25-12-6-7-16(23)17(24)8-12/h2-10H,1H3,(H,26,30)(H2,25,27,28,31). The average molecular weight is 484 g/mol. The van der Waals surface area contributed by atoms with Crippen LogP contribution in [0.1, 0.15) is 15.9 Å². The lowest BCUT2D eigenvalue weighted by atomic mass is 10.1. The van der Waals surface area contributed by atoms with Crippen LogP contribution in [-0.4, -0.2) is 20.8 Å². The number of halogens is 2. The van der Waals surface area contributed by atoms with E-state index < -0.39 is 22.1 Å². The second kappa shape index (κ2) is 8.89. The maximum absolute atomic E-state index is 13.1. The topological polar surface area (TPSA) is 130 Å². The van der Waals surface area contributed by atoms with Crippen LogP contribution in [0.15, 0.2) is 59.4 Å². The Bertz CT molecular complexity index is 1490. The summed E-state index contributed by atoms with van der Waals surface area (Å²) in [7, 11) is 0. The van der Waals surface area contributed by atoms with Crippen molar-refractivity contribution in [3.05, 3.63) is 96.2 Å². The Labute approximate surface area is 196 Å². The maximum Gasteiger partial charge on any atom is 0.271 e. The van der Waals surface area contributed by atoms with Crippen LogP contribution in [0.5, 0.6) is 0 Å². The average Bonchev–Trinajstić information content (AvgIpc) is 2.77. The fourth-order valence-electron chi connectivity index (χ4n) is 3.18. The monoisotopic (exact) mass is 483 g/mol. The van der Waals surface area contributed by atoms with Gasteiger partial charge < -0.3 is 10.6 Å². The number of hydrogen-bond acceptors (Lipinski definition) is 6. The fourth-order valence-corrected chi connectivity index (χ4v) is 3.48.